The predicted octanol–water partition coefficient (Wildman–Crippen LogP) is 1.13. The Hall–Kier alpha value is -0.950. The predicted molar refractivity (Wildman–Crippen MR) is 78.6 cm³/mol. The van der Waals surface area contributed by atoms with Crippen LogP contribution in [-0.2, 0) is 27.1 Å². The fourth-order valence-corrected chi connectivity index (χ4v) is 3.57. The second-order valence-electron chi connectivity index (χ2n) is 5.07. The summed E-state index contributed by atoms with van der Waals surface area (Å²) in [7, 11) is -3.35. The maximum absolute atomic E-state index is 12.1. The molecule has 5 nitrogen and oxygen atoms in total. The molecule has 1 aliphatic heterocycles. The third-order valence-electron chi connectivity index (χ3n) is 3.49. The molecule has 1 atom stereocenters. The van der Waals surface area contributed by atoms with Gasteiger partial charge in [0.05, 0.1) is 11.9 Å². The molecule has 0 radical (unpaired) electrons. The van der Waals surface area contributed by atoms with Gasteiger partial charge in [-0.25, -0.2) is 13.1 Å². The smallest absolute Gasteiger partial charge is 0.215 e. The van der Waals surface area contributed by atoms with Crippen molar-refractivity contribution < 1.29 is 13.2 Å². The van der Waals surface area contributed by atoms with Crippen LogP contribution in [0.1, 0.15) is 30.4 Å². The monoisotopic (exact) mass is 298 g/mol. The van der Waals surface area contributed by atoms with Crippen LogP contribution in [0.5, 0.6) is 0 Å². The molecule has 1 aromatic rings. The average molecular weight is 298 g/mol. The van der Waals surface area contributed by atoms with Crippen molar-refractivity contribution in [3.05, 3.63) is 35.4 Å². The third kappa shape index (κ3) is 4.56. The molecule has 20 heavy (non-hydrogen) atoms. The van der Waals surface area contributed by atoms with Gasteiger partial charge in [0.15, 0.2) is 0 Å². The van der Waals surface area contributed by atoms with E-state index in [1.165, 1.54) is 0 Å². The van der Waals surface area contributed by atoms with Gasteiger partial charge in [-0.15, -0.1) is 0 Å². The number of nitrogens with two attached hydrogens (primary N) is 1. The molecule has 0 spiro atoms. The SMILES string of the molecule is NCc1ccccc1CS(=O)(=O)NCC1CCCCO1. The van der Waals surface area contributed by atoms with Crippen LogP contribution in [0.4, 0.5) is 0 Å². The number of nitrogens with one attached hydrogen (secondary N) is 1. The first kappa shape index (κ1) is 15.4. The van der Waals surface area contributed by atoms with E-state index in [2.05, 4.69) is 4.72 Å². The molecular weight excluding hydrogens is 276 g/mol. The fraction of sp³-hybridized carbons (Fsp3) is 0.571. The Morgan fingerprint density at radius 3 is 2.65 bits per heavy atom. The molecule has 6 heteroatoms. The minimum Gasteiger partial charge on any atom is -0.377 e. The molecule has 1 fully saturated rings. The first-order chi connectivity index (χ1) is 9.61. The lowest BCUT2D eigenvalue weighted by molar-refractivity contribution is 0.0200. The largest absolute Gasteiger partial charge is 0.377 e. The first-order valence-corrected chi connectivity index (χ1v) is 8.62. The Kier molecular flexibility index (Phi) is 5.54. The molecule has 1 saturated heterocycles. The summed E-state index contributed by atoms with van der Waals surface area (Å²) in [5.74, 6) is -0.0346. The number of hydrogen-bond acceptors (Lipinski definition) is 4. The number of ether oxygens (including phenoxy) is 1. The Balaban J connectivity index is 1.93. The zero-order valence-corrected chi connectivity index (χ0v) is 12.4. The summed E-state index contributed by atoms with van der Waals surface area (Å²) in [5, 5.41) is 0. The Labute approximate surface area is 120 Å². The van der Waals surface area contributed by atoms with Crippen molar-refractivity contribution in [3.8, 4) is 0 Å². The van der Waals surface area contributed by atoms with Crippen LogP contribution < -0.4 is 10.5 Å². The van der Waals surface area contributed by atoms with Crippen LogP contribution in [0.3, 0.4) is 0 Å². The first-order valence-electron chi connectivity index (χ1n) is 6.96. The summed E-state index contributed by atoms with van der Waals surface area (Å²) in [6.07, 6.45) is 3.08. The second kappa shape index (κ2) is 7.17. The summed E-state index contributed by atoms with van der Waals surface area (Å²) in [6, 6.07) is 7.35. The van der Waals surface area contributed by atoms with E-state index in [1.807, 2.05) is 18.2 Å². The van der Waals surface area contributed by atoms with Crippen molar-refractivity contribution in [1.29, 1.82) is 0 Å². The number of sulfonamides is 1. The Bertz CT molecular complexity index is 525. The normalized spacial score (nSPS) is 19.9. The summed E-state index contributed by atoms with van der Waals surface area (Å²) in [5.41, 5.74) is 7.25. The fourth-order valence-electron chi connectivity index (χ4n) is 2.34. The maximum Gasteiger partial charge on any atom is 0.215 e. The van der Waals surface area contributed by atoms with E-state index in [1.54, 1.807) is 6.07 Å². The number of hydrogen-bond donors (Lipinski definition) is 2. The molecule has 1 heterocycles. The number of benzene rings is 1. The van der Waals surface area contributed by atoms with Gasteiger partial charge in [0.25, 0.3) is 0 Å². The van der Waals surface area contributed by atoms with Crippen molar-refractivity contribution >= 4 is 10.0 Å². The highest BCUT2D eigenvalue weighted by Crippen LogP contribution is 2.14. The van der Waals surface area contributed by atoms with Crippen molar-refractivity contribution in [2.24, 2.45) is 5.73 Å². The quantitative estimate of drug-likeness (QED) is 0.825. The Morgan fingerprint density at radius 2 is 2.00 bits per heavy atom. The summed E-state index contributed by atoms with van der Waals surface area (Å²) in [6.45, 7) is 1.42. The molecule has 0 amide bonds. The van der Waals surface area contributed by atoms with Gasteiger partial charge in [0.2, 0.25) is 10.0 Å². The average Bonchev–Trinajstić information content (AvgIpc) is 2.47. The highest BCUT2D eigenvalue weighted by molar-refractivity contribution is 7.88. The maximum atomic E-state index is 12.1. The van der Waals surface area contributed by atoms with Gasteiger partial charge in [0, 0.05) is 19.7 Å². The molecule has 1 aromatic carbocycles. The lowest BCUT2D eigenvalue weighted by Gasteiger charge is -2.22. The molecule has 0 saturated carbocycles. The highest BCUT2D eigenvalue weighted by atomic mass is 32.2. The van der Waals surface area contributed by atoms with Crippen LogP contribution in [0.2, 0.25) is 0 Å². The van der Waals surface area contributed by atoms with Crippen molar-refractivity contribution in [2.75, 3.05) is 13.2 Å². The summed E-state index contributed by atoms with van der Waals surface area (Å²) in [4.78, 5) is 0. The van der Waals surface area contributed by atoms with Crippen molar-refractivity contribution in [1.82, 2.24) is 4.72 Å². The lowest BCUT2D eigenvalue weighted by Crippen LogP contribution is -2.36. The minimum absolute atomic E-state index is 0.00303. The standard InChI is InChI=1S/C14H22N2O3S/c15-9-12-5-1-2-6-13(12)11-20(17,18)16-10-14-7-3-4-8-19-14/h1-2,5-6,14,16H,3-4,7-11,15H2. The van der Waals surface area contributed by atoms with Gasteiger partial charge < -0.3 is 10.5 Å². The van der Waals surface area contributed by atoms with Gasteiger partial charge in [-0.2, -0.15) is 0 Å². The molecule has 1 aliphatic rings. The molecule has 0 aliphatic carbocycles. The van der Waals surface area contributed by atoms with E-state index < -0.39 is 10.0 Å². The van der Waals surface area contributed by atoms with Gasteiger partial charge in [-0.1, -0.05) is 24.3 Å². The van der Waals surface area contributed by atoms with E-state index >= 15 is 0 Å². The summed E-state index contributed by atoms with van der Waals surface area (Å²) < 4.78 is 32.4. The van der Waals surface area contributed by atoms with Gasteiger partial charge in [-0.3, -0.25) is 0 Å². The molecule has 2 rings (SSSR count). The van der Waals surface area contributed by atoms with Crippen LogP contribution in [0.15, 0.2) is 24.3 Å². The van der Waals surface area contributed by atoms with Crippen molar-refractivity contribution in [3.63, 3.8) is 0 Å². The molecule has 0 bridgehead atoms. The van der Waals surface area contributed by atoms with Crippen molar-refractivity contribution in [2.45, 2.75) is 37.7 Å². The van der Waals surface area contributed by atoms with E-state index in [9.17, 15) is 8.42 Å². The van der Waals surface area contributed by atoms with Crippen LogP contribution in [0, 0.1) is 0 Å². The van der Waals surface area contributed by atoms with Gasteiger partial charge >= 0.3 is 0 Å². The zero-order valence-electron chi connectivity index (χ0n) is 11.5. The van der Waals surface area contributed by atoms with E-state index in [4.69, 9.17) is 10.5 Å². The van der Waals surface area contributed by atoms with Gasteiger partial charge in [0.1, 0.15) is 0 Å². The zero-order chi connectivity index (χ0) is 14.4. The molecule has 1 unspecified atom stereocenters. The minimum atomic E-state index is -3.35. The van der Waals surface area contributed by atoms with Crippen LogP contribution in [-0.4, -0.2) is 27.7 Å². The molecule has 3 N–H and O–H groups in total. The van der Waals surface area contributed by atoms with E-state index in [0.717, 1.165) is 37.0 Å². The van der Waals surface area contributed by atoms with E-state index in [-0.39, 0.29) is 11.9 Å². The Morgan fingerprint density at radius 1 is 1.25 bits per heavy atom. The molecule has 0 aromatic heterocycles. The topological polar surface area (TPSA) is 81.4 Å². The molecule has 112 valence electrons. The van der Waals surface area contributed by atoms with Crippen LogP contribution >= 0.6 is 0 Å². The molecular formula is C14H22N2O3S. The van der Waals surface area contributed by atoms with Gasteiger partial charge in [-0.05, 0) is 30.4 Å². The number of rotatable bonds is 6. The van der Waals surface area contributed by atoms with E-state index in [0.29, 0.717) is 13.1 Å². The lowest BCUT2D eigenvalue weighted by atomic mass is 10.1. The van der Waals surface area contributed by atoms with Crippen LogP contribution in [0.25, 0.3) is 0 Å². The summed E-state index contributed by atoms with van der Waals surface area (Å²) >= 11 is 0. The highest BCUT2D eigenvalue weighted by Gasteiger charge is 2.18. The third-order valence-corrected chi connectivity index (χ3v) is 4.79. The second-order valence-corrected chi connectivity index (χ2v) is 6.88.